The largest absolute Gasteiger partial charge is 0.453 e. The molecule has 1 aromatic heterocycles. The molecule has 1 fully saturated rings. The normalized spacial score (nSPS) is 24.8. The Hall–Kier alpha value is -1.68. The van der Waals surface area contributed by atoms with E-state index in [1.165, 1.54) is 0 Å². The van der Waals surface area contributed by atoms with E-state index < -0.39 is 12.0 Å². The van der Waals surface area contributed by atoms with E-state index in [2.05, 4.69) is 20.5 Å². The van der Waals surface area contributed by atoms with Gasteiger partial charge in [0.2, 0.25) is 5.91 Å². The lowest BCUT2D eigenvalue weighted by Gasteiger charge is -2.33. The van der Waals surface area contributed by atoms with Gasteiger partial charge < -0.3 is 15.8 Å². The first-order valence-corrected chi connectivity index (χ1v) is 7.94. The van der Waals surface area contributed by atoms with Crippen LogP contribution in [0.2, 0.25) is 0 Å². The molecule has 0 bridgehead atoms. The minimum Gasteiger partial charge on any atom is -0.377 e. The lowest BCUT2D eigenvalue weighted by molar-refractivity contribution is -0.144. The van der Waals surface area contributed by atoms with Gasteiger partial charge in [-0.25, -0.2) is 4.98 Å². The van der Waals surface area contributed by atoms with Crippen molar-refractivity contribution in [3.63, 3.8) is 0 Å². The third-order valence-electron chi connectivity index (χ3n) is 3.97. The van der Waals surface area contributed by atoms with Gasteiger partial charge in [0.15, 0.2) is 0 Å². The van der Waals surface area contributed by atoms with Gasteiger partial charge in [0.1, 0.15) is 5.82 Å². The van der Waals surface area contributed by atoms with Crippen LogP contribution in [0.4, 0.5) is 13.2 Å². The maximum atomic E-state index is 12.4. The number of ether oxygens (including phenoxy) is 1. The average molecular weight is 349 g/mol. The molecule has 1 saturated carbocycles. The topological polar surface area (TPSA) is 106 Å². The standard InChI is InChI=1S/C14H22F3N5O2/c1-2-5-24-10-6-8(3-4-9(10)18)12(23)19-7-11-20-13(22-21-11)14(15,16)17/h8-10H,2-7,18H2,1H3,(H,19,23)(H,20,21,22)/t8-,9-,10-/m0/s1. The minimum absolute atomic E-state index is 0.0398. The molecule has 136 valence electrons. The lowest BCUT2D eigenvalue weighted by Crippen LogP contribution is -2.45. The summed E-state index contributed by atoms with van der Waals surface area (Å²) in [6.07, 6.45) is -2.10. The SMILES string of the molecule is CCCO[C@H]1C[C@@H](C(=O)NCc2nc(C(F)(F)F)n[nH]2)CC[C@@H]1N. The van der Waals surface area contributed by atoms with Crippen LogP contribution in [-0.4, -0.2) is 39.8 Å². The van der Waals surface area contributed by atoms with Crippen LogP contribution < -0.4 is 11.1 Å². The van der Waals surface area contributed by atoms with Crippen LogP contribution in [0.3, 0.4) is 0 Å². The second kappa shape index (κ2) is 7.93. The number of rotatable bonds is 6. The zero-order valence-electron chi connectivity index (χ0n) is 13.4. The molecule has 1 aliphatic rings. The Morgan fingerprint density at radius 1 is 1.46 bits per heavy atom. The van der Waals surface area contributed by atoms with Crippen LogP contribution in [0, 0.1) is 5.92 Å². The summed E-state index contributed by atoms with van der Waals surface area (Å²) < 4.78 is 42.9. The fraction of sp³-hybridized carbons (Fsp3) is 0.786. The summed E-state index contributed by atoms with van der Waals surface area (Å²) in [6.45, 7) is 2.45. The molecule has 4 N–H and O–H groups in total. The predicted molar refractivity (Wildman–Crippen MR) is 78.6 cm³/mol. The molecular weight excluding hydrogens is 327 g/mol. The van der Waals surface area contributed by atoms with Gasteiger partial charge in [0, 0.05) is 18.6 Å². The molecule has 0 aliphatic heterocycles. The van der Waals surface area contributed by atoms with Crippen LogP contribution in [0.25, 0.3) is 0 Å². The summed E-state index contributed by atoms with van der Waals surface area (Å²) in [4.78, 5) is 15.5. The molecule has 3 atom stereocenters. The second-order valence-corrected chi connectivity index (χ2v) is 5.90. The number of carbonyl (C=O) groups excluding carboxylic acids is 1. The van der Waals surface area contributed by atoms with E-state index in [-0.39, 0.29) is 36.3 Å². The summed E-state index contributed by atoms with van der Waals surface area (Å²) >= 11 is 0. The van der Waals surface area contributed by atoms with Crippen LogP contribution in [0.1, 0.15) is 44.3 Å². The minimum atomic E-state index is -4.61. The van der Waals surface area contributed by atoms with Crippen molar-refractivity contribution in [1.29, 1.82) is 0 Å². The summed E-state index contributed by atoms with van der Waals surface area (Å²) in [5, 5.41) is 7.85. The molecule has 0 radical (unpaired) electrons. The summed E-state index contributed by atoms with van der Waals surface area (Å²) in [5.74, 6) is -1.79. The number of aromatic amines is 1. The Morgan fingerprint density at radius 2 is 2.21 bits per heavy atom. The maximum absolute atomic E-state index is 12.4. The number of halogens is 3. The van der Waals surface area contributed by atoms with Crippen LogP contribution in [-0.2, 0) is 22.3 Å². The quantitative estimate of drug-likeness (QED) is 0.719. The molecule has 0 unspecified atom stereocenters. The third kappa shape index (κ3) is 4.91. The van der Waals surface area contributed by atoms with Gasteiger partial charge in [0.05, 0.1) is 12.6 Å². The number of aromatic nitrogens is 3. The van der Waals surface area contributed by atoms with Gasteiger partial charge in [-0.3, -0.25) is 9.89 Å². The fourth-order valence-corrected chi connectivity index (χ4v) is 2.67. The van der Waals surface area contributed by atoms with E-state index in [9.17, 15) is 18.0 Å². The number of alkyl halides is 3. The number of H-pyrrole nitrogens is 1. The molecular formula is C14H22F3N5O2. The molecule has 0 spiro atoms. The molecule has 1 aliphatic carbocycles. The highest BCUT2D eigenvalue weighted by molar-refractivity contribution is 5.78. The molecule has 10 heteroatoms. The number of nitrogens with two attached hydrogens (primary N) is 1. The first-order valence-electron chi connectivity index (χ1n) is 7.94. The van der Waals surface area contributed by atoms with E-state index in [0.29, 0.717) is 25.9 Å². The summed E-state index contributed by atoms with van der Waals surface area (Å²) in [6, 6.07) is -0.0933. The highest BCUT2D eigenvalue weighted by Gasteiger charge is 2.36. The highest BCUT2D eigenvalue weighted by Crippen LogP contribution is 2.27. The highest BCUT2D eigenvalue weighted by atomic mass is 19.4. The Balaban J connectivity index is 1.84. The van der Waals surface area contributed by atoms with Gasteiger partial charge in [-0.1, -0.05) is 6.92 Å². The molecule has 0 aromatic carbocycles. The first kappa shape index (κ1) is 18.7. The van der Waals surface area contributed by atoms with Crippen molar-refractivity contribution in [3.05, 3.63) is 11.6 Å². The average Bonchev–Trinajstić information content (AvgIpc) is 3.01. The van der Waals surface area contributed by atoms with Crippen molar-refractivity contribution >= 4 is 5.91 Å². The van der Waals surface area contributed by atoms with Crippen LogP contribution in [0.5, 0.6) is 0 Å². The van der Waals surface area contributed by atoms with Crippen molar-refractivity contribution in [3.8, 4) is 0 Å². The number of carbonyl (C=O) groups is 1. The van der Waals surface area contributed by atoms with Crippen molar-refractivity contribution in [2.75, 3.05) is 6.61 Å². The molecule has 0 saturated heterocycles. The molecule has 1 aromatic rings. The summed E-state index contributed by atoms with van der Waals surface area (Å²) in [5.41, 5.74) is 6.00. The second-order valence-electron chi connectivity index (χ2n) is 5.90. The van der Waals surface area contributed by atoms with Crippen molar-refractivity contribution in [1.82, 2.24) is 20.5 Å². The van der Waals surface area contributed by atoms with Gasteiger partial charge in [-0.05, 0) is 25.7 Å². The number of hydrogen-bond acceptors (Lipinski definition) is 5. The zero-order chi connectivity index (χ0) is 17.7. The van der Waals surface area contributed by atoms with Gasteiger partial charge in [0.25, 0.3) is 5.82 Å². The van der Waals surface area contributed by atoms with Gasteiger partial charge in [-0.15, -0.1) is 5.10 Å². The van der Waals surface area contributed by atoms with E-state index >= 15 is 0 Å². The van der Waals surface area contributed by atoms with E-state index in [1.54, 1.807) is 0 Å². The van der Waals surface area contributed by atoms with Crippen molar-refractivity contribution in [2.45, 2.75) is 57.5 Å². The van der Waals surface area contributed by atoms with Crippen molar-refractivity contribution in [2.24, 2.45) is 11.7 Å². The van der Waals surface area contributed by atoms with Gasteiger partial charge >= 0.3 is 6.18 Å². The number of amides is 1. The monoisotopic (exact) mass is 349 g/mol. The van der Waals surface area contributed by atoms with Crippen LogP contribution in [0.15, 0.2) is 0 Å². The third-order valence-corrected chi connectivity index (χ3v) is 3.97. The zero-order valence-corrected chi connectivity index (χ0v) is 13.4. The predicted octanol–water partition coefficient (Wildman–Crippen LogP) is 1.36. The van der Waals surface area contributed by atoms with Crippen LogP contribution >= 0.6 is 0 Å². The Bertz CT molecular complexity index is 549. The molecule has 7 nitrogen and oxygen atoms in total. The Kier molecular flexibility index (Phi) is 6.16. The smallest absolute Gasteiger partial charge is 0.377 e. The van der Waals surface area contributed by atoms with Crippen molar-refractivity contribution < 1.29 is 22.7 Å². The fourth-order valence-electron chi connectivity index (χ4n) is 2.67. The van der Waals surface area contributed by atoms with Gasteiger partial charge in [-0.2, -0.15) is 13.2 Å². The molecule has 2 rings (SSSR count). The lowest BCUT2D eigenvalue weighted by atomic mass is 9.83. The Morgan fingerprint density at radius 3 is 2.83 bits per heavy atom. The molecule has 24 heavy (non-hydrogen) atoms. The number of nitrogens with zero attached hydrogens (tertiary/aromatic N) is 2. The van der Waals surface area contributed by atoms with E-state index in [4.69, 9.17) is 10.5 Å². The number of hydrogen-bond donors (Lipinski definition) is 3. The molecule has 1 amide bonds. The van der Waals surface area contributed by atoms with E-state index in [0.717, 1.165) is 6.42 Å². The number of nitrogens with one attached hydrogen (secondary N) is 2. The van der Waals surface area contributed by atoms with E-state index in [1.807, 2.05) is 6.92 Å². The first-order chi connectivity index (χ1) is 11.3. The maximum Gasteiger partial charge on any atom is 0.453 e. The summed E-state index contributed by atoms with van der Waals surface area (Å²) in [7, 11) is 0. The molecule has 1 heterocycles. The Labute approximate surface area is 137 Å².